The topological polar surface area (TPSA) is 97.2 Å². The standard InChI is InChI=1S/C21H20N8/c1-13-5-3-7-17-16(9-13)18(28-29(17)15-6-4-8-22-10-15)14(2)27-21-19-20(24-11-23-19)25-12-26-21/h3-14H,1-2H3,(H2,23,24,25,26,27). The Balaban J connectivity index is 1.64. The molecule has 0 saturated heterocycles. The van der Waals surface area contributed by atoms with Crippen LogP contribution in [-0.2, 0) is 0 Å². The molecule has 0 saturated carbocycles. The van der Waals surface area contributed by atoms with Crippen molar-refractivity contribution >= 4 is 29.1 Å². The predicted octanol–water partition coefficient (Wildman–Crippen LogP) is 1.87. The highest BCUT2D eigenvalue weighted by atomic mass is 15.3. The van der Waals surface area contributed by atoms with Gasteiger partial charge in [0.05, 0.1) is 35.3 Å². The molecule has 0 bridgehead atoms. The zero-order chi connectivity index (χ0) is 19.8. The van der Waals surface area contributed by atoms with Gasteiger partial charge in [0, 0.05) is 11.4 Å². The number of hydrogen-bond acceptors (Lipinski definition) is 6. The summed E-state index contributed by atoms with van der Waals surface area (Å²) in [7, 11) is 0. The zero-order valence-electron chi connectivity index (χ0n) is 16.1. The van der Waals surface area contributed by atoms with E-state index in [0.29, 0.717) is 17.4 Å². The molecule has 4 heterocycles. The maximum atomic E-state index is 4.95. The number of nitrogens with zero attached hydrogens (tertiary/aromatic N) is 6. The smallest absolute Gasteiger partial charge is 0.182 e. The summed E-state index contributed by atoms with van der Waals surface area (Å²) in [5.41, 5.74) is 3.28. The van der Waals surface area contributed by atoms with E-state index in [-0.39, 0.29) is 6.04 Å². The maximum Gasteiger partial charge on any atom is 0.182 e. The van der Waals surface area contributed by atoms with Gasteiger partial charge in [-0.05, 0) is 31.1 Å². The number of imidazole rings is 1. The highest BCUT2D eigenvalue weighted by Crippen LogP contribution is 2.20. The van der Waals surface area contributed by atoms with E-state index >= 15 is 0 Å². The average Bonchev–Trinajstić information content (AvgIpc) is 3.30. The number of rotatable bonds is 4. The van der Waals surface area contributed by atoms with Gasteiger partial charge in [-0.15, -0.1) is 0 Å². The molecule has 0 radical (unpaired) electrons. The van der Waals surface area contributed by atoms with Crippen LogP contribution in [0.25, 0.3) is 29.0 Å². The van der Waals surface area contributed by atoms with Crippen LogP contribution in [0.1, 0.15) is 25.6 Å². The van der Waals surface area contributed by atoms with E-state index in [1.165, 1.54) is 6.33 Å². The van der Waals surface area contributed by atoms with E-state index in [9.17, 15) is 0 Å². The molecule has 2 unspecified atom stereocenters. The summed E-state index contributed by atoms with van der Waals surface area (Å²) < 4.78 is 1.94. The third-order valence-electron chi connectivity index (χ3n) is 4.96. The van der Waals surface area contributed by atoms with Crippen LogP contribution >= 0.6 is 0 Å². The Labute approximate surface area is 166 Å². The second-order valence-electron chi connectivity index (χ2n) is 7.07. The molecular weight excluding hydrogens is 364 g/mol. The van der Waals surface area contributed by atoms with Crippen molar-refractivity contribution in [3.05, 3.63) is 65.6 Å². The van der Waals surface area contributed by atoms with Crippen molar-refractivity contribution < 1.29 is 0 Å². The van der Waals surface area contributed by atoms with Crippen molar-refractivity contribution in [2.24, 2.45) is 5.92 Å². The molecule has 0 fully saturated rings. The van der Waals surface area contributed by atoms with E-state index in [1.807, 2.05) is 23.0 Å². The molecule has 8 nitrogen and oxygen atoms in total. The molecule has 0 spiro atoms. The third kappa shape index (κ3) is 3.08. The molecule has 5 rings (SSSR count). The molecule has 2 atom stereocenters. The molecule has 0 aliphatic heterocycles. The van der Waals surface area contributed by atoms with Crippen LogP contribution in [0.2, 0.25) is 0 Å². The molecule has 1 aliphatic carbocycles. The first-order valence-corrected chi connectivity index (χ1v) is 9.51. The van der Waals surface area contributed by atoms with Gasteiger partial charge in [-0.25, -0.2) is 19.6 Å². The summed E-state index contributed by atoms with van der Waals surface area (Å²) in [5, 5.41) is 10.6. The Morgan fingerprint density at radius 2 is 2.17 bits per heavy atom. The lowest BCUT2D eigenvalue weighted by molar-refractivity contribution is 0.764. The zero-order valence-corrected chi connectivity index (χ0v) is 16.1. The van der Waals surface area contributed by atoms with Gasteiger partial charge >= 0.3 is 0 Å². The molecule has 29 heavy (non-hydrogen) atoms. The van der Waals surface area contributed by atoms with Gasteiger partial charge in [0.1, 0.15) is 11.8 Å². The first-order chi connectivity index (χ1) is 14.2. The maximum absolute atomic E-state index is 4.95. The lowest BCUT2D eigenvalue weighted by Gasteiger charge is -2.13. The van der Waals surface area contributed by atoms with E-state index < -0.39 is 0 Å². The largest absolute Gasteiger partial charge is 0.360 e. The van der Waals surface area contributed by atoms with Crippen molar-refractivity contribution in [3.8, 4) is 5.69 Å². The van der Waals surface area contributed by atoms with Crippen LogP contribution in [0.5, 0.6) is 0 Å². The Hall–Kier alpha value is -3.81. The molecule has 4 aromatic heterocycles. The van der Waals surface area contributed by atoms with Crippen LogP contribution < -0.4 is 15.9 Å². The quantitative estimate of drug-likeness (QED) is 0.558. The summed E-state index contributed by atoms with van der Waals surface area (Å²) in [6, 6.07) is 3.84. The van der Waals surface area contributed by atoms with Crippen LogP contribution in [-0.4, -0.2) is 34.7 Å². The normalized spacial score (nSPS) is 16.6. The van der Waals surface area contributed by atoms with Gasteiger partial charge in [-0.3, -0.25) is 4.98 Å². The van der Waals surface area contributed by atoms with E-state index in [0.717, 1.165) is 27.5 Å². The highest BCUT2D eigenvalue weighted by Gasteiger charge is 2.18. The van der Waals surface area contributed by atoms with E-state index in [2.05, 4.69) is 68.4 Å². The minimum Gasteiger partial charge on any atom is -0.360 e. The fraction of sp³-hybridized carbons (Fsp3) is 0.190. The van der Waals surface area contributed by atoms with Gasteiger partial charge in [-0.2, -0.15) is 5.10 Å². The Kier molecular flexibility index (Phi) is 4.16. The molecular formula is C21H20N8. The Bertz CT molecular complexity index is 1320. The molecule has 4 aromatic rings. The van der Waals surface area contributed by atoms with Gasteiger partial charge in [0.15, 0.2) is 11.5 Å². The van der Waals surface area contributed by atoms with Crippen molar-refractivity contribution in [2.75, 3.05) is 5.32 Å². The Morgan fingerprint density at radius 3 is 3.03 bits per heavy atom. The average molecular weight is 384 g/mol. The minimum atomic E-state index is -0.0852. The number of pyridine rings is 1. The van der Waals surface area contributed by atoms with Gasteiger partial charge in [0.25, 0.3) is 0 Å². The first-order valence-electron chi connectivity index (χ1n) is 9.51. The predicted molar refractivity (Wildman–Crippen MR) is 112 cm³/mol. The van der Waals surface area contributed by atoms with Crippen LogP contribution in [0.3, 0.4) is 0 Å². The number of aromatic nitrogens is 7. The fourth-order valence-corrected chi connectivity index (χ4v) is 3.58. The van der Waals surface area contributed by atoms with Gasteiger partial charge in [0.2, 0.25) is 0 Å². The summed E-state index contributed by atoms with van der Waals surface area (Å²) in [6.07, 6.45) is 15.3. The fourth-order valence-electron chi connectivity index (χ4n) is 3.58. The molecule has 0 aromatic carbocycles. The minimum absolute atomic E-state index is 0.0852. The number of nitrogens with one attached hydrogen (secondary N) is 2. The monoisotopic (exact) mass is 384 g/mol. The number of hydrogen-bond donors (Lipinski definition) is 2. The first kappa shape index (κ1) is 17.3. The van der Waals surface area contributed by atoms with Crippen LogP contribution in [0.15, 0.2) is 49.3 Å². The van der Waals surface area contributed by atoms with Crippen molar-refractivity contribution in [3.63, 3.8) is 0 Å². The second kappa shape index (κ2) is 6.97. The SMILES string of the molecule is CC1C=CC=c2c(c(C(C)Nc3ncnc4nc[nH]c34)nn2-c2cccnc2)=C1. The number of anilines is 1. The lowest BCUT2D eigenvalue weighted by atomic mass is 10.1. The summed E-state index contributed by atoms with van der Waals surface area (Å²) in [5.74, 6) is 1.01. The van der Waals surface area contributed by atoms with E-state index in [1.54, 1.807) is 12.5 Å². The summed E-state index contributed by atoms with van der Waals surface area (Å²) in [4.78, 5) is 20.1. The van der Waals surface area contributed by atoms with Crippen LogP contribution in [0, 0.1) is 5.92 Å². The summed E-state index contributed by atoms with van der Waals surface area (Å²) in [6.45, 7) is 4.25. The number of fused-ring (bicyclic) bond motifs is 2. The highest BCUT2D eigenvalue weighted by molar-refractivity contribution is 5.82. The molecule has 0 amide bonds. The molecule has 2 N–H and O–H groups in total. The van der Waals surface area contributed by atoms with Gasteiger partial charge < -0.3 is 10.3 Å². The summed E-state index contributed by atoms with van der Waals surface area (Å²) >= 11 is 0. The molecule has 1 aliphatic rings. The number of aromatic amines is 1. The lowest BCUT2D eigenvalue weighted by Crippen LogP contribution is -2.31. The number of H-pyrrole nitrogens is 1. The van der Waals surface area contributed by atoms with E-state index in [4.69, 9.17) is 5.10 Å². The van der Waals surface area contributed by atoms with Crippen molar-refractivity contribution in [1.82, 2.24) is 34.7 Å². The third-order valence-corrected chi connectivity index (χ3v) is 4.96. The van der Waals surface area contributed by atoms with Crippen LogP contribution in [0.4, 0.5) is 5.82 Å². The Morgan fingerprint density at radius 1 is 1.24 bits per heavy atom. The van der Waals surface area contributed by atoms with Crippen molar-refractivity contribution in [2.45, 2.75) is 19.9 Å². The molecule has 144 valence electrons. The van der Waals surface area contributed by atoms with Gasteiger partial charge in [-0.1, -0.05) is 25.2 Å². The van der Waals surface area contributed by atoms with Crippen molar-refractivity contribution in [1.29, 1.82) is 0 Å². The molecule has 8 heteroatoms. The number of allylic oxidation sites excluding steroid dienone is 2. The second-order valence-corrected chi connectivity index (χ2v) is 7.07.